The summed E-state index contributed by atoms with van der Waals surface area (Å²) in [6.45, 7) is 22.4. The molecule has 1 N–H and O–H groups in total. The van der Waals surface area contributed by atoms with Crippen molar-refractivity contribution in [1.29, 1.82) is 0 Å². The van der Waals surface area contributed by atoms with Crippen LogP contribution in [0.15, 0.2) is 0 Å². The lowest BCUT2D eigenvalue weighted by molar-refractivity contribution is -0.173. The predicted octanol–water partition coefficient (Wildman–Crippen LogP) is 7.13. The van der Waals surface area contributed by atoms with E-state index >= 15 is 0 Å². The Morgan fingerprint density at radius 3 is 1.52 bits per heavy atom. The molecule has 152 valence electrons. The smallest absolute Gasteiger partial charge is 0.0664 e. The summed E-state index contributed by atoms with van der Waals surface area (Å²) in [7, 11) is 0. The maximum Gasteiger partial charge on any atom is 0.0664 e. The van der Waals surface area contributed by atoms with Crippen LogP contribution >= 0.6 is 0 Å². The minimum atomic E-state index is -0.586. The topological polar surface area (TPSA) is 29.5 Å². The Labute approximate surface area is 159 Å². The Balaban J connectivity index is 5.34. The van der Waals surface area contributed by atoms with Crippen LogP contribution in [0.1, 0.15) is 121 Å². The standard InChI is InChI=1S/C23H48O2/c1-11-20(8,24)16-17-21(9,12-2)25-22(10,13-3)18-23(14-4,15-5)19(6)7/h19,24H,11-18H2,1-10H3. The fourth-order valence-corrected chi connectivity index (χ4v) is 4.10. The SMILES string of the molecule is CCC(C)(O)CCC(C)(CC)OC(C)(CC)CC(CC)(CC)C(C)C. The summed E-state index contributed by atoms with van der Waals surface area (Å²) in [5, 5.41) is 10.4. The zero-order valence-electron chi connectivity index (χ0n) is 19.1. The number of rotatable bonds is 13. The van der Waals surface area contributed by atoms with Crippen LogP contribution in [-0.2, 0) is 4.74 Å². The summed E-state index contributed by atoms with van der Waals surface area (Å²) in [6, 6.07) is 0. The van der Waals surface area contributed by atoms with Gasteiger partial charge in [0.1, 0.15) is 0 Å². The Hall–Kier alpha value is -0.0800. The van der Waals surface area contributed by atoms with E-state index in [2.05, 4.69) is 62.3 Å². The number of hydrogen-bond donors (Lipinski definition) is 1. The zero-order valence-corrected chi connectivity index (χ0v) is 19.1. The van der Waals surface area contributed by atoms with Gasteiger partial charge >= 0.3 is 0 Å². The van der Waals surface area contributed by atoms with Gasteiger partial charge in [-0.2, -0.15) is 0 Å². The van der Waals surface area contributed by atoms with Crippen molar-refractivity contribution in [3.63, 3.8) is 0 Å². The van der Waals surface area contributed by atoms with E-state index < -0.39 is 5.60 Å². The highest BCUT2D eigenvalue weighted by molar-refractivity contribution is 4.92. The van der Waals surface area contributed by atoms with E-state index in [0.717, 1.165) is 38.5 Å². The van der Waals surface area contributed by atoms with Crippen molar-refractivity contribution in [3.8, 4) is 0 Å². The van der Waals surface area contributed by atoms with Gasteiger partial charge in [0.15, 0.2) is 0 Å². The van der Waals surface area contributed by atoms with Crippen LogP contribution in [0.25, 0.3) is 0 Å². The molecular formula is C23H48O2. The first-order valence-electron chi connectivity index (χ1n) is 10.8. The Bertz CT molecular complexity index is 370. The van der Waals surface area contributed by atoms with Gasteiger partial charge in [-0.3, -0.25) is 0 Å². The van der Waals surface area contributed by atoms with Gasteiger partial charge in [-0.05, 0) is 70.6 Å². The molecule has 0 saturated carbocycles. The van der Waals surface area contributed by atoms with Gasteiger partial charge < -0.3 is 9.84 Å². The molecule has 0 amide bonds. The quantitative estimate of drug-likeness (QED) is 0.380. The van der Waals surface area contributed by atoms with Crippen molar-refractivity contribution in [2.24, 2.45) is 11.3 Å². The normalized spacial score (nSPS) is 20.2. The third kappa shape index (κ3) is 7.21. The van der Waals surface area contributed by atoms with Crippen molar-refractivity contribution < 1.29 is 9.84 Å². The third-order valence-corrected chi connectivity index (χ3v) is 7.30. The molecule has 2 heteroatoms. The Kier molecular flexibility index (Phi) is 9.71. The van der Waals surface area contributed by atoms with Gasteiger partial charge in [0.2, 0.25) is 0 Å². The van der Waals surface area contributed by atoms with Gasteiger partial charge in [0, 0.05) is 0 Å². The lowest BCUT2D eigenvalue weighted by Gasteiger charge is -2.47. The average Bonchev–Trinajstić information content (AvgIpc) is 2.58. The van der Waals surface area contributed by atoms with Crippen LogP contribution in [-0.4, -0.2) is 21.9 Å². The van der Waals surface area contributed by atoms with Crippen molar-refractivity contribution in [2.45, 2.75) is 137 Å². The van der Waals surface area contributed by atoms with Gasteiger partial charge in [0.05, 0.1) is 16.8 Å². The number of aliphatic hydroxyl groups is 1. The lowest BCUT2D eigenvalue weighted by atomic mass is 9.66. The molecule has 0 saturated heterocycles. The van der Waals surface area contributed by atoms with Crippen LogP contribution in [0.2, 0.25) is 0 Å². The molecule has 3 unspecified atom stereocenters. The molecule has 0 bridgehead atoms. The molecule has 3 atom stereocenters. The number of hydrogen-bond acceptors (Lipinski definition) is 2. The van der Waals surface area contributed by atoms with Crippen LogP contribution in [0, 0.1) is 11.3 Å². The third-order valence-electron chi connectivity index (χ3n) is 7.30. The molecule has 0 aliphatic carbocycles. The predicted molar refractivity (Wildman–Crippen MR) is 111 cm³/mol. The molecule has 0 fully saturated rings. The van der Waals surface area contributed by atoms with E-state index in [-0.39, 0.29) is 11.2 Å². The second-order valence-corrected chi connectivity index (χ2v) is 9.46. The first-order chi connectivity index (χ1) is 11.4. The number of ether oxygens (including phenoxy) is 1. The van der Waals surface area contributed by atoms with E-state index in [0.29, 0.717) is 11.3 Å². The van der Waals surface area contributed by atoms with Crippen LogP contribution in [0.4, 0.5) is 0 Å². The molecular weight excluding hydrogens is 308 g/mol. The monoisotopic (exact) mass is 356 g/mol. The molecule has 2 nitrogen and oxygen atoms in total. The fourth-order valence-electron chi connectivity index (χ4n) is 4.10. The maximum absolute atomic E-state index is 10.4. The largest absolute Gasteiger partial charge is 0.390 e. The highest BCUT2D eigenvalue weighted by Gasteiger charge is 2.42. The van der Waals surface area contributed by atoms with E-state index in [9.17, 15) is 5.11 Å². The highest BCUT2D eigenvalue weighted by atomic mass is 16.5. The zero-order chi connectivity index (χ0) is 19.9. The Morgan fingerprint density at radius 1 is 0.720 bits per heavy atom. The van der Waals surface area contributed by atoms with E-state index in [4.69, 9.17) is 4.74 Å². The van der Waals surface area contributed by atoms with Crippen LogP contribution in [0.3, 0.4) is 0 Å². The molecule has 0 radical (unpaired) electrons. The Morgan fingerprint density at radius 2 is 1.20 bits per heavy atom. The maximum atomic E-state index is 10.4. The lowest BCUT2D eigenvalue weighted by Crippen LogP contribution is -2.46. The summed E-state index contributed by atoms with van der Waals surface area (Å²) in [5.74, 6) is 0.658. The van der Waals surface area contributed by atoms with E-state index in [1.54, 1.807) is 0 Å². The molecule has 25 heavy (non-hydrogen) atoms. The van der Waals surface area contributed by atoms with Crippen molar-refractivity contribution in [1.82, 2.24) is 0 Å². The minimum absolute atomic E-state index is 0.112. The molecule has 0 rings (SSSR count). The average molecular weight is 357 g/mol. The summed E-state index contributed by atoms with van der Waals surface area (Å²) in [4.78, 5) is 0. The first kappa shape index (κ1) is 24.9. The molecule has 0 aromatic rings. The van der Waals surface area contributed by atoms with E-state index in [1.165, 1.54) is 12.8 Å². The highest BCUT2D eigenvalue weighted by Crippen LogP contribution is 2.46. The van der Waals surface area contributed by atoms with Gasteiger partial charge in [0.25, 0.3) is 0 Å². The summed E-state index contributed by atoms with van der Waals surface area (Å²) in [6.07, 6.45) is 8.02. The molecule has 0 aromatic carbocycles. The van der Waals surface area contributed by atoms with Gasteiger partial charge in [-0.15, -0.1) is 0 Å². The van der Waals surface area contributed by atoms with Gasteiger partial charge in [-0.25, -0.2) is 0 Å². The van der Waals surface area contributed by atoms with Gasteiger partial charge in [-0.1, -0.05) is 61.3 Å². The van der Waals surface area contributed by atoms with Crippen LogP contribution < -0.4 is 0 Å². The van der Waals surface area contributed by atoms with Crippen molar-refractivity contribution >= 4 is 0 Å². The molecule has 0 spiro atoms. The van der Waals surface area contributed by atoms with Crippen LogP contribution in [0.5, 0.6) is 0 Å². The summed E-state index contributed by atoms with van der Waals surface area (Å²) in [5.41, 5.74) is -0.529. The summed E-state index contributed by atoms with van der Waals surface area (Å²) >= 11 is 0. The van der Waals surface area contributed by atoms with E-state index in [1.807, 2.05) is 6.92 Å². The molecule has 0 aliphatic rings. The molecule has 0 aliphatic heterocycles. The summed E-state index contributed by atoms with van der Waals surface area (Å²) < 4.78 is 6.86. The van der Waals surface area contributed by atoms with Crippen molar-refractivity contribution in [2.75, 3.05) is 0 Å². The van der Waals surface area contributed by atoms with Crippen molar-refractivity contribution in [3.05, 3.63) is 0 Å². The molecule has 0 heterocycles. The molecule has 0 aromatic heterocycles. The second kappa shape index (κ2) is 9.74. The first-order valence-corrected chi connectivity index (χ1v) is 10.8. The second-order valence-electron chi connectivity index (χ2n) is 9.46. The minimum Gasteiger partial charge on any atom is -0.390 e. The fraction of sp³-hybridized carbons (Fsp3) is 1.00.